The van der Waals surface area contributed by atoms with Gasteiger partial charge in [-0.15, -0.1) is 11.3 Å². The molecule has 0 radical (unpaired) electrons. The molecular formula is C20H16ClNO3S. The number of carbonyl (C=O) groups excluding carboxylic acids is 2. The summed E-state index contributed by atoms with van der Waals surface area (Å²) in [4.78, 5) is 25.5. The van der Waals surface area contributed by atoms with Crippen LogP contribution in [0.25, 0.3) is 0 Å². The van der Waals surface area contributed by atoms with E-state index in [0.29, 0.717) is 22.0 Å². The van der Waals surface area contributed by atoms with Crippen LogP contribution >= 0.6 is 22.9 Å². The summed E-state index contributed by atoms with van der Waals surface area (Å²) < 4.78 is 5.49. The first-order valence-electron chi connectivity index (χ1n) is 7.95. The lowest BCUT2D eigenvalue weighted by Gasteiger charge is -2.18. The molecule has 0 saturated carbocycles. The van der Waals surface area contributed by atoms with Gasteiger partial charge in [0.25, 0.3) is 5.91 Å². The van der Waals surface area contributed by atoms with E-state index in [-0.39, 0.29) is 5.91 Å². The Hall–Kier alpha value is -2.63. The van der Waals surface area contributed by atoms with Crippen molar-refractivity contribution in [1.29, 1.82) is 0 Å². The van der Waals surface area contributed by atoms with Gasteiger partial charge in [-0.2, -0.15) is 0 Å². The molecule has 3 aromatic rings. The third-order valence-electron chi connectivity index (χ3n) is 3.67. The SMILES string of the molecule is O=C(O[C@H](C(=O)NCc1ccccc1)c1ccc(Cl)cc1)c1cccs1. The van der Waals surface area contributed by atoms with Crippen molar-refractivity contribution in [2.75, 3.05) is 0 Å². The largest absolute Gasteiger partial charge is 0.443 e. The Labute approximate surface area is 160 Å². The van der Waals surface area contributed by atoms with Crippen LogP contribution in [0.4, 0.5) is 0 Å². The summed E-state index contributed by atoms with van der Waals surface area (Å²) in [5, 5.41) is 5.14. The van der Waals surface area contributed by atoms with E-state index in [1.165, 1.54) is 11.3 Å². The van der Waals surface area contributed by atoms with Crippen LogP contribution in [0.3, 0.4) is 0 Å². The lowest BCUT2D eigenvalue weighted by molar-refractivity contribution is -0.130. The van der Waals surface area contributed by atoms with Gasteiger partial charge in [-0.1, -0.05) is 60.1 Å². The maximum Gasteiger partial charge on any atom is 0.349 e. The zero-order valence-corrected chi connectivity index (χ0v) is 15.3. The highest BCUT2D eigenvalue weighted by Gasteiger charge is 2.26. The summed E-state index contributed by atoms with van der Waals surface area (Å²) in [6, 6.07) is 19.6. The van der Waals surface area contributed by atoms with Gasteiger partial charge in [0.15, 0.2) is 0 Å². The number of rotatable bonds is 6. The first-order chi connectivity index (χ1) is 12.6. The van der Waals surface area contributed by atoms with Crippen LogP contribution in [-0.2, 0) is 16.1 Å². The lowest BCUT2D eigenvalue weighted by Crippen LogP contribution is -2.31. The van der Waals surface area contributed by atoms with Crippen molar-refractivity contribution in [1.82, 2.24) is 5.32 Å². The average molecular weight is 386 g/mol. The summed E-state index contributed by atoms with van der Waals surface area (Å²) in [6.07, 6.45) is -1.05. The second-order valence-electron chi connectivity index (χ2n) is 5.52. The molecule has 0 spiro atoms. The molecule has 0 aliphatic heterocycles. The number of carbonyl (C=O) groups is 2. The van der Waals surface area contributed by atoms with E-state index in [1.54, 1.807) is 41.8 Å². The number of benzene rings is 2. The van der Waals surface area contributed by atoms with Crippen LogP contribution in [-0.4, -0.2) is 11.9 Å². The van der Waals surface area contributed by atoms with Crippen molar-refractivity contribution in [2.24, 2.45) is 0 Å². The molecule has 1 heterocycles. The van der Waals surface area contributed by atoms with Crippen molar-refractivity contribution in [2.45, 2.75) is 12.6 Å². The summed E-state index contributed by atoms with van der Waals surface area (Å²) in [6.45, 7) is 0.348. The number of amides is 1. The molecule has 0 aliphatic rings. The highest BCUT2D eigenvalue weighted by molar-refractivity contribution is 7.11. The number of hydrogen-bond donors (Lipinski definition) is 1. The third kappa shape index (κ3) is 4.71. The molecule has 1 atom stereocenters. The minimum atomic E-state index is -1.05. The molecule has 0 saturated heterocycles. The topological polar surface area (TPSA) is 55.4 Å². The van der Waals surface area contributed by atoms with E-state index in [0.717, 1.165) is 5.56 Å². The second kappa shape index (κ2) is 8.65. The Bertz CT molecular complexity index is 864. The van der Waals surface area contributed by atoms with Crippen LogP contribution < -0.4 is 5.32 Å². The Balaban J connectivity index is 1.76. The smallest absolute Gasteiger partial charge is 0.349 e. The Morgan fingerprint density at radius 2 is 1.73 bits per heavy atom. The van der Waals surface area contributed by atoms with Crippen molar-refractivity contribution in [3.05, 3.63) is 93.1 Å². The molecule has 1 aromatic heterocycles. The fraction of sp³-hybridized carbons (Fsp3) is 0.100. The molecule has 132 valence electrons. The van der Waals surface area contributed by atoms with Crippen LogP contribution in [0.5, 0.6) is 0 Å². The summed E-state index contributed by atoms with van der Waals surface area (Å²) in [7, 11) is 0. The van der Waals surface area contributed by atoms with Gasteiger partial charge in [-0.25, -0.2) is 4.79 Å². The quantitative estimate of drug-likeness (QED) is 0.630. The van der Waals surface area contributed by atoms with Gasteiger partial charge < -0.3 is 10.1 Å². The monoisotopic (exact) mass is 385 g/mol. The number of ether oxygens (including phenoxy) is 1. The summed E-state index contributed by atoms with van der Waals surface area (Å²) in [5.74, 6) is -0.920. The van der Waals surface area contributed by atoms with Gasteiger partial charge in [-0.05, 0) is 29.1 Å². The third-order valence-corrected chi connectivity index (χ3v) is 4.77. The molecule has 1 amide bonds. The first kappa shape index (κ1) is 18.2. The Morgan fingerprint density at radius 3 is 2.38 bits per heavy atom. The van der Waals surface area contributed by atoms with Crippen LogP contribution in [0.2, 0.25) is 5.02 Å². The highest BCUT2D eigenvalue weighted by atomic mass is 35.5. The molecule has 1 N–H and O–H groups in total. The molecular weight excluding hydrogens is 370 g/mol. The normalized spacial score (nSPS) is 11.6. The molecule has 3 rings (SSSR count). The fourth-order valence-electron chi connectivity index (χ4n) is 2.35. The van der Waals surface area contributed by atoms with E-state index in [4.69, 9.17) is 16.3 Å². The van der Waals surface area contributed by atoms with Crippen molar-refractivity contribution < 1.29 is 14.3 Å². The van der Waals surface area contributed by atoms with Gasteiger partial charge in [0.2, 0.25) is 6.10 Å². The Morgan fingerprint density at radius 1 is 1.00 bits per heavy atom. The Kier molecular flexibility index (Phi) is 6.04. The molecule has 0 aliphatic carbocycles. The maximum absolute atomic E-state index is 12.7. The standard InChI is InChI=1S/C20H16ClNO3S/c21-16-10-8-15(9-11-16)18(25-20(24)17-7-4-12-26-17)19(23)22-13-14-5-2-1-3-6-14/h1-12,18H,13H2,(H,22,23)/t18-/m0/s1. The molecule has 4 nitrogen and oxygen atoms in total. The van der Waals surface area contributed by atoms with Crippen molar-refractivity contribution in [3.63, 3.8) is 0 Å². The van der Waals surface area contributed by atoms with E-state index in [2.05, 4.69) is 5.32 Å². The number of nitrogens with one attached hydrogen (secondary N) is 1. The summed E-state index contributed by atoms with van der Waals surface area (Å²) in [5.41, 5.74) is 1.52. The molecule has 0 unspecified atom stereocenters. The number of esters is 1. The van der Waals surface area contributed by atoms with E-state index in [1.807, 2.05) is 30.3 Å². The number of hydrogen-bond acceptors (Lipinski definition) is 4. The van der Waals surface area contributed by atoms with Gasteiger partial charge in [0.1, 0.15) is 4.88 Å². The number of thiophene rings is 1. The van der Waals surface area contributed by atoms with Crippen molar-refractivity contribution in [3.8, 4) is 0 Å². The van der Waals surface area contributed by atoms with Gasteiger partial charge in [0, 0.05) is 17.1 Å². The molecule has 26 heavy (non-hydrogen) atoms. The van der Waals surface area contributed by atoms with Crippen molar-refractivity contribution >= 4 is 34.8 Å². The number of halogens is 1. The van der Waals surface area contributed by atoms with E-state index in [9.17, 15) is 9.59 Å². The van der Waals surface area contributed by atoms with E-state index >= 15 is 0 Å². The van der Waals surface area contributed by atoms with Gasteiger partial charge in [0.05, 0.1) is 0 Å². The molecule has 0 bridgehead atoms. The minimum Gasteiger partial charge on any atom is -0.443 e. The molecule has 0 fully saturated rings. The zero-order chi connectivity index (χ0) is 18.4. The molecule has 6 heteroatoms. The van der Waals surface area contributed by atoms with Crippen LogP contribution in [0, 0.1) is 0 Å². The van der Waals surface area contributed by atoms with Crippen LogP contribution in [0.1, 0.15) is 26.9 Å². The van der Waals surface area contributed by atoms with Crippen LogP contribution in [0.15, 0.2) is 72.1 Å². The first-order valence-corrected chi connectivity index (χ1v) is 9.21. The zero-order valence-electron chi connectivity index (χ0n) is 13.7. The average Bonchev–Trinajstić information content (AvgIpc) is 3.21. The molecule has 2 aromatic carbocycles. The lowest BCUT2D eigenvalue weighted by atomic mass is 10.1. The van der Waals surface area contributed by atoms with Gasteiger partial charge >= 0.3 is 5.97 Å². The predicted molar refractivity (Wildman–Crippen MR) is 102 cm³/mol. The fourth-order valence-corrected chi connectivity index (χ4v) is 3.08. The van der Waals surface area contributed by atoms with Gasteiger partial charge in [-0.3, -0.25) is 4.79 Å². The predicted octanol–water partition coefficient (Wildman–Crippen LogP) is 4.62. The minimum absolute atomic E-state index is 0.348. The second-order valence-corrected chi connectivity index (χ2v) is 6.90. The highest BCUT2D eigenvalue weighted by Crippen LogP contribution is 2.23. The maximum atomic E-state index is 12.7. The van der Waals surface area contributed by atoms with E-state index < -0.39 is 12.1 Å². The summed E-state index contributed by atoms with van der Waals surface area (Å²) >= 11 is 7.18.